The maximum absolute atomic E-state index is 12.1. The molecule has 0 aromatic rings. The second kappa shape index (κ2) is 5.13. The molecule has 2 fully saturated rings. The topological polar surface area (TPSA) is 95.9 Å². The molecule has 2 N–H and O–H groups in total. The highest BCUT2D eigenvalue weighted by Gasteiger charge is 2.41. The van der Waals surface area contributed by atoms with Crippen LogP contribution in [-0.4, -0.2) is 52.1 Å². The van der Waals surface area contributed by atoms with E-state index in [4.69, 9.17) is 9.84 Å². The van der Waals surface area contributed by atoms with Crippen LogP contribution in [0.15, 0.2) is 0 Å². The van der Waals surface area contributed by atoms with Gasteiger partial charge in [-0.1, -0.05) is 15.9 Å². The van der Waals surface area contributed by atoms with Gasteiger partial charge in [0.25, 0.3) is 5.91 Å². The van der Waals surface area contributed by atoms with E-state index in [1.165, 1.54) is 0 Å². The summed E-state index contributed by atoms with van der Waals surface area (Å²) in [6.07, 6.45) is -0.640. The van der Waals surface area contributed by atoms with Crippen molar-refractivity contribution in [2.45, 2.75) is 23.9 Å². The second-order valence-electron chi connectivity index (χ2n) is 4.31. The van der Waals surface area contributed by atoms with Crippen LogP contribution >= 0.6 is 15.9 Å². The first-order chi connectivity index (χ1) is 8.49. The molecule has 0 spiro atoms. The van der Waals surface area contributed by atoms with Crippen molar-refractivity contribution in [3.05, 3.63) is 0 Å². The number of halogens is 1. The average Bonchev–Trinajstić information content (AvgIpc) is 2.67. The number of nitrogens with zero attached hydrogens (tertiary/aromatic N) is 1. The molecule has 0 aromatic carbocycles. The number of alkyl halides is 1. The fraction of sp³-hybridized carbons (Fsp3) is 0.700. The number of hydrogen-bond acceptors (Lipinski definition) is 4. The van der Waals surface area contributed by atoms with Crippen molar-refractivity contribution in [2.24, 2.45) is 5.92 Å². The molecule has 0 aliphatic carbocycles. The van der Waals surface area contributed by atoms with Crippen LogP contribution in [0.25, 0.3) is 0 Å². The number of piperidine rings is 1. The normalized spacial score (nSPS) is 28.7. The van der Waals surface area contributed by atoms with Gasteiger partial charge >= 0.3 is 12.1 Å². The van der Waals surface area contributed by atoms with E-state index in [-0.39, 0.29) is 5.91 Å². The molecule has 2 amide bonds. The van der Waals surface area contributed by atoms with Crippen LogP contribution in [0.2, 0.25) is 0 Å². The van der Waals surface area contributed by atoms with E-state index < -0.39 is 29.0 Å². The lowest BCUT2D eigenvalue weighted by Gasteiger charge is -2.31. The SMILES string of the molecule is O=C1NC(Br)C(C(=O)N2CCC(C(=O)O)CC2)O1. The molecule has 2 unspecified atom stereocenters. The van der Waals surface area contributed by atoms with Gasteiger partial charge in [0.1, 0.15) is 4.95 Å². The lowest BCUT2D eigenvalue weighted by molar-refractivity contribution is -0.147. The molecule has 2 rings (SSSR count). The summed E-state index contributed by atoms with van der Waals surface area (Å²) in [6, 6.07) is 0. The van der Waals surface area contributed by atoms with Crippen molar-refractivity contribution in [1.29, 1.82) is 0 Å². The van der Waals surface area contributed by atoms with Crippen molar-refractivity contribution in [2.75, 3.05) is 13.1 Å². The molecule has 100 valence electrons. The molecular formula is C10H13BrN2O5. The van der Waals surface area contributed by atoms with E-state index in [0.29, 0.717) is 25.9 Å². The summed E-state index contributed by atoms with van der Waals surface area (Å²) < 4.78 is 4.86. The Morgan fingerprint density at radius 3 is 2.44 bits per heavy atom. The summed E-state index contributed by atoms with van der Waals surface area (Å²) in [7, 11) is 0. The molecular weight excluding hydrogens is 308 g/mol. The van der Waals surface area contributed by atoms with Gasteiger partial charge in [-0.05, 0) is 12.8 Å². The van der Waals surface area contributed by atoms with E-state index in [1.807, 2.05) is 0 Å². The van der Waals surface area contributed by atoms with Gasteiger partial charge in [0.05, 0.1) is 5.92 Å². The number of hydrogen-bond donors (Lipinski definition) is 2. The van der Waals surface area contributed by atoms with E-state index in [0.717, 1.165) is 0 Å². The minimum atomic E-state index is -0.876. The molecule has 7 nitrogen and oxygen atoms in total. The summed E-state index contributed by atoms with van der Waals surface area (Å²) in [5.74, 6) is -1.51. The molecule has 18 heavy (non-hydrogen) atoms. The minimum Gasteiger partial charge on any atom is -0.481 e. The first-order valence-electron chi connectivity index (χ1n) is 5.62. The van der Waals surface area contributed by atoms with Gasteiger partial charge in [-0.3, -0.25) is 9.59 Å². The maximum Gasteiger partial charge on any atom is 0.409 e. The van der Waals surface area contributed by atoms with E-state index >= 15 is 0 Å². The number of alkyl carbamates (subject to hydrolysis) is 1. The number of amides is 2. The number of carbonyl (C=O) groups excluding carboxylic acids is 2. The molecule has 2 aliphatic heterocycles. The van der Waals surface area contributed by atoms with E-state index in [2.05, 4.69) is 21.2 Å². The predicted octanol–water partition coefficient (Wildman–Crippen LogP) is 0.139. The first-order valence-corrected chi connectivity index (χ1v) is 6.53. The summed E-state index contributed by atoms with van der Waals surface area (Å²) in [5.41, 5.74) is 0. The number of carboxylic acids is 1. The van der Waals surface area contributed by atoms with E-state index in [1.54, 1.807) is 4.90 Å². The number of ether oxygens (including phenoxy) is 1. The van der Waals surface area contributed by atoms with Gasteiger partial charge in [0.15, 0.2) is 0 Å². The highest BCUT2D eigenvalue weighted by atomic mass is 79.9. The Labute approximate surface area is 112 Å². The molecule has 8 heteroatoms. The van der Waals surface area contributed by atoms with Gasteiger partial charge in [-0.25, -0.2) is 4.79 Å². The molecule has 0 saturated carbocycles. The molecule has 2 aliphatic rings. The smallest absolute Gasteiger partial charge is 0.409 e. The molecule has 0 bridgehead atoms. The van der Waals surface area contributed by atoms with Crippen LogP contribution in [0.5, 0.6) is 0 Å². The van der Waals surface area contributed by atoms with Crippen LogP contribution in [0, 0.1) is 5.92 Å². The van der Waals surface area contributed by atoms with Gasteiger partial charge in [-0.2, -0.15) is 0 Å². The molecule has 0 radical (unpaired) electrons. The third-order valence-electron chi connectivity index (χ3n) is 3.15. The predicted molar refractivity (Wildman–Crippen MR) is 63.1 cm³/mol. The number of likely N-dealkylation sites (tertiary alicyclic amines) is 1. The standard InChI is InChI=1S/C10H13BrN2O5/c11-7-6(18-10(17)12-7)8(14)13-3-1-5(2-4-13)9(15)16/h5-7H,1-4H2,(H,12,17)(H,15,16). The highest BCUT2D eigenvalue weighted by molar-refractivity contribution is 9.09. The Hall–Kier alpha value is -1.31. The number of carboxylic acid groups (broad SMARTS) is 1. The summed E-state index contributed by atoms with van der Waals surface area (Å²) in [4.78, 5) is 34.8. The van der Waals surface area contributed by atoms with Gasteiger partial charge in [0, 0.05) is 13.1 Å². The third-order valence-corrected chi connectivity index (χ3v) is 3.86. The zero-order valence-corrected chi connectivity index (χ0v) is 11.1. The maximum atomic E-state index is 12.1. The lowest BCUT2D eigenvalue weighted by Crippen LogP contribution is -2.47. The number of nitrogens with one attached hydrogen (secondary N) is 1. The highest BCUT2D eigenvalue weighted by Crippen LogP contribution is 2.22. The minimum absolute atomic E-state index is 0.293. The van der Waals surface area contributed by atoms with Crippen molar-refractivity contribution >= 4 is 33.9 Å². The molecule has 0 aromatic heterocycles. The third kappa shape index (κ3) is 2.58. The molecule has 2 saturated heterocycles. The Bertz CT molecular complexity index is 380. The van der Waals surface area contributed by atoms with Crippen LogP contribution < -0.4 is 5.32 Å². The fourth-order valence-electron chi connectivity index (χ4n) is 2.10. The lowest BCUT2D eigenvalue weighted by atomic mass is 9.97. The molecule has 2 heterocycles. The Morgan fingerprint density at radius 1 is 1.39 bits per heavy atom. The van der Waals surface area contributed by atoms with E-state index in [9.17, 15) is 14.4 Å². The van der Waals surface area contributed by atoms with Crippen molar-refractivity contribution in [3.8, 4) is 0 Å². The Morgan fingerprint density at radius 2 is 2.00 bits per heavy atom. The summed E-state index contributed by atoms with van der Waals surface area (Å²) in [5, 5.41) is 11.3. The summed E-state index contributed by atoms with van der Waals surface area (Å²) >= 11 is 3.15. The largest absolute Gasteiger partial charge is 0.481 e. The zero-order chi connectivity index (χ0) is 13.3. The average molecular weight is 321 g/mol. The van der Waals surface area contributed by atoms with Crippen LogP contribution in [0.3, 0.4) is 0 Å². The zero-order valence-electron chi connectivity index (χ0n) is 9.47. The number of aliphatic carboxylic acids is 1. The summed E-state index contributed by atoms with van der Waals surface area (Å²) in [6.45, 7) is 0.757. The van der Waals surface area contributed by atoms with Crippen LogP contribution in [-0.2, 0) is 14.3 Å². The number of rotatable bonds is 2. The van der Waals surface area contributed by atoms with Gasteiger partial charge < -0.3 is 20.1 Å². The number of carbonyl (C=O) groups is 3. The fourth-order valence-corrected chi connectivity index (χ4v) is 2.62. The van der Waals surface area contributed by atoms with Gasteiger partial charge in [0.2, 0.25) is 6.10 Å². The van der Waals surface area contributed by atoms with Crippen molar-refractivity contribution in [3.63, 3.8) is 0 Å². The second-order valence-corrected chi connectivity index (χ2v) is 5.30. The Balaban J connectivity index is 1.91. The number of cyclic esters (lactones) is 1. The molecule has 2 atom stereocenters. The van der Waals surface area contributed by atoms with Crippen molar-refractivity contribution in [1.82, 2.24) is 10.2 Å². The van der Waals surface area contributed by atoms with Crippen LogP contribution in [0.4, 0.5) is 4.79 Å². The van der Waals surface area contributed by atoms with Crippen molar-refractivity contribution < 1.29 is 24.2 Å². The van der Waals surface area contributed by atoms with Crippen LogP contribution in [0.1, 0.15) is 12.8 Å². The van der Waals surface area contributed by atoms with Gasteiger partial charge in [-0.15, -0.1) is 0 Å². The Kier molecular flexibility index (Phi) is 3.74. The monoisotopic (exact) mass is 320 g/mol. The quantitative estimate of drug-likeness (QED) is 0.557. The first kappa shape index (κ1) is 13.1.